The van der Waals surface area contributed by atoms with Crippen LogP contribution < -0.4 is 11.3 Å². The van der Waals surface area contributed by atoms with Crippen molar-refractivity contribution in [1.29, 1.82) is 0 Å². The largest absolute Gasteiger partial charge is 0.290 e. The molecule has 0 aliphatic carbocycles. The van der Waals surface area contributed by atoms with Gasteiger partial charge in [0.15, 0.2) is 0 Å². The average molecular weight is 210 g/mol. The first-order chi connectivity index (χ1) is 7.17. The zero-order valence-electron chi connectivity index (χ0n) is 9.81. The SMILES string of the molecule is C=CCC(CCCCC)=C(C)C(=O)NN. The molecule has 0 spiro atoms. The van der Waals surface area contributed by atoms with Gasteiger partial charge in [-0.25, -0.2) is 5.84 Å². The molecule has 0 aromatic rings. The number of nitrogens with one attached hydrogen (secondary N) is 1. The van der Waals surface area contributed by atoms with Crippen molar-refractivity contribution in [3.8, 4) is 0 Å². The molecule has 0 heterocycles. The smallest absolute Gasteiger partial charge is 0.260 e. The van der Waals surface area contributed by atoms with E-state index < -0.39 is 0 Å². The lowest BCUT2D eigenvalue weighted by molar-refractivity contribution is -0.117. The lowest BCUT2D eigenvalue weighted by atomic mass is 9.99. The summed E-state index contributed by atoms with van der Waals surface area (Å²) < 4.78 is 0. The first kappa shape index (κ1) is 13.9. The van der Waals surface area contributed by atoms with E-state index in [2.05, 4.69) is 18.9 Å². The minimum absolute atomic E-state index is 0.191. The van der Waals surface area contributed by atoms with Gasteiger partial charge in [-0.15, -0.1) is 6.58 Å². The molecule has 0 radical (unpaired) electrons. The maximum atomic E-state index is 11.3. The molecule has 0 aromatic heterocycles. The third-order valence-electron chi connectivity index (χ3n) is 2.47. The molecule has 0 saturated heterocycles. The molecule has 0 fully saturated rings. The fourth-order valence-corrected chi connectivity index (χ4v) is 1.47. The van der Waals surface area contributed by atoms with E-state index in [1.165, 1.54) is 12.8 Å². The van der Waals surface area contributed by atoms with Gasteiger partial charge in [0, 0.05) is 5.57 Å². The molecule has 0 atom stereocenters. The molecule has 3 heteroatoms. The molecule has 0 saturated carbocycles. The Balaban J connectivity index is 4.46. The standard InChI is InChI=1S/C12H22N2O/c1-4-6-7-9-11(8-5-2)10(3)12(15)14-13/h5H,2,4,6-9,13H2,1,3H3,(H,14,15). The van der Waals surface area contributed by atoms with Crippen LogP contribution >= 0.6 is 0 Å². The number of amides is 1. The molecule has 15 heavy (non-hydrogen) atoms. The number of hydrazine groups is 1. The summed E-state index contributed by atoms with van der Waals surface area (Å²) in [7, 11) is 0. The van der Waals surface area contributed by atoms with Crippen molar-refractivity contribution in [2.24, 2.45) is 5.84 Å². The zero-order valence-corrected chi connectivity index (χ0v) is 9.81. The van der Waals surface area contributed by atoms with E-state index in [0.29, 0.717) is 0 Å². The lowest BCUT2D eigenvalue weighted by Crippen LogP contribution is -2.31. The van der Waals surface area contributed by atoms with Crippen LogP contribution in [0.5, 0.6) is 0 Å². The Morgan fingerprint density at radius 3 is 2.60 bits per heavy atom. The summed E-state index contributed by atoms with van der Waals surface area (Å²) in [5.41, 5.74) is 4.03. The number of allylic oxidation sites excluding steroid dienone is 2. The molecule has 0 unspecified atom stereocenters. The summed E-state index contributed by atoms with van der Waals surface area (Å²) in [5.74, 6) is 4.91. The van der Waals surface area contributed by atoms with Crippen molar-refractivity contribution in [3.63, 3.8) is 0 Å². The summed E-state index contributed by atoms with van der Waals surface area (Å²) in [4.78, 5) is 11.3. The van der Waals surface area contributed by atoms with Crippen molar-refractivity contribution in [2.45, 2.75) is 46.0 Å². The molecule has 0 rings (SSSR count). The predicted molar refractivity (Wildman–Crippen MR) is 64.0 cm³/mol. The Hall–Kier alpha value is -1.09. The van der Waals surface area contributed by atoms with Gasteiger partial charge in [0.25, 0.3) is 5.91 Å². The summed E-state index contributed by atoms with van der Waals surface area (Å²) in [5, 5.41) is 0. The lowest BCUT2D eigenvalue weighted by Gasteiger charge is -2.09. The van der Waals surface area contributed by atoms with E-state index in [4.69, 9.17) is 5.84 Å². The summed E-state index contributed by atoms with van der Waals surface area (Å²) in [6, 6.07) is 0. The van der Waals surface area contributed by atoms with Crippen molar-refractivity contribution in [3.05, 3.63) is 23.8 Å². The molecule has 0 bridgehead atoms. The fourth-order valence-electron chi connectivity index (χ4n) is 1.47. The quantitative estimate of drug-likeness (QED) is 0.169. The van der Waals surface area contributed by atoms with Crippen molar-refractivity contribution in [1.82, 2.24) is 5.43 Å². The minimum Gasteiger partial charge on any atom is -0.290 e. The number of rotatable bonds is 7. The van der Waals surface area contributed by atoms with Crippen LogP contribution in [0.2, 0.25) is 0 Å². The van der Waals surface area contributed by atoms with Crippen LogP contribution in [0.3, 0.4) is 0 Å². The van der Waals surface area contributed by atoms with E-state index in [1.54, 1.807) is 0 Å². The van der Waals surface area contributed by atoms with Crippen LogP contribution in [0.4, 0.5) is 0 Å². The van der Waals surface area contributed by atoms with Crippen LogP contribution in [-0.2, 0) is 4.79 Å². The number of carbonyl (C=O) groups is 1. The summed E-state index contributed by atoms with van der Waals surface area (Å²) >= 11 is 0. The van der Waals surface area contributed by atoms with Gasteiger partial charge in [-0.2, -0.15) is 0 Å². The van der Waals surface area contributed by atoms with Gasteiger partial charge < -0.3 is 0 Å². The first-order valence-electron chi connectivity index (χ1n) is 5.47. The highest BCUT2D eigenvalue weighted by Gasteiger charge is 2.07. The maximum absolute atomic E-state index is 11.3. The minimum atomic E-state index is -0.191. The molecule has 1 amide bonds. The van der Waals surface area contributed by atoms with Crippen LogP contribution in [0.15, 0.2) is 23.8 Å². The molecular formula is C12H22N2O. The highest BCUT2D eigenvalue weighted by atomic mass is 16.2. The fraction of sp³-hybridized carbons (Fsp3) is 0.583. The number of nitrogens with two attached hydrogens (primary N) is 1. The number of carbonyl (C=O) groups excluding carboxylic acids is 1. The van der Waals surface area contributed by atoms with Crippen molar-refractivity contribution < 1.29 is 4.79 Å². The number of hydrogen-bond acceptors (Lipinski definition) is 2. The van der Waals surface area contributed by atoms with Gasteiger partial charge in [0.2, 0.25) is 0 Å². The first-order valence-corrected chi connectivity index (χ1v) is 5.47. The van der Waals surface area contributed by atoms with Crippen LogP contribution in [0, 0.1) is 0 Å². The van der Waals surface area contributed by atoms with Crippen molar-refractivity contribution >= 4 is 5.91 Å². The molecule has 0 aliphatic rings. The Bertz CT molecular complexity index is 244. The molecule has 3 nitrogen and oxygen atoms in total. The van der Waals surface area contributed by atoms with Crippen molar-refractivity contribution in [2.75, 3.05) is 0 Å². The third-order valence-corrected chi connectivity index (χ3v) is 2.47. The van der Waals surface area contributed by atoms with Gasteiger partial charge in [0.1, 0.15) is 0 Å². The monoisotopic (exact) mass is 210 g/mol. The van der Waals surface area contributed by atoms with E-state index in [0.717, 1.165) is 30.4 Å². The third kappa shape index (κ3) is 5.37. The van der Waals surface area contributed by atoms with Gasteiger partial charge >= 0.3 is 0 Å². The van der Waals surface area contributed by atoms with E-state index in [1.807, 2.05) is 13.0 Å². The number of hydrogen-bond donors (Lipinski definition) is 2. The predicted octanol–water partition coefficient (Wildman–Crippen LogP) is 2.45. The van der Waals surface area contributed by atoms with E-state index in [-0.39, 0.29) is 5.91 Å². The second-order valence-electron chi connectivity index (χ2n) is 3.65. The zero-order chi connectivity index (χ0) is 11.7. The highest BCUT2D eigenvalue weighted by Crippen LogP contribution is 2.17. The van der Waals surface area contributed by atoms with Gasteiger partial charge in [-0.1, -0.05) is 31.4 Å². The topological polar surface area (TPSA) is 55.1 Å². The van der Waals surface area contributed by atoms with Gasteiger partial charge in [-0.05, 0) is 26.2 Å². The molecule has 3 N–H and O–H groups in total. The number of unbranched alkanes of at least 4 members (excludes halogenated alkanes) is 2. The Morgan fingerprint density at radius 1 is 1.47 bits per heavy atom. The van der Waals surface area contributed by atoms with Crippen LogP contribution in [0.1, 0.15) is 46.0 Å². The summed E-state index contributed by atoms with van der Waals surface area (Å²) in [6.45, 7) is 7.67. The molecular weight excluding hydrogens is 188 g/mol. The molecule has 0 aliphatic heterocycles. The van der Waals surface area contributed by atoms with Gasteiger partial charge in [-0.3, -0.25) is 10.2 Å². The molecule has 0 aromatic carbocycles. The second kappa shape index (κ2) is 8.24. The average Bonchev–Trinajstić information content (AvgIpc) is 2.26. The van der Waals surface area contributed by atoms with E-state index in [9.17, 15) is 4.79 Å². The van der Waals surface area contributed by atoms with Gasteiger partial charge in [0.05, 0.1) is 0 Å². The molecule has 86 valence electrons. The normalized spacial score (nSPS) is 11.9. The summed E-state index contributed by atoms with van der Waals surface area (Å²) in [6.07, 6.45) is 7.05. The highest BCUT2D eigenvalue weighted by molar-refractivity contribution is 5.93. The Morgan fingerprint density at radius 2 is 2.13 bits per heavy atom. The Labute approximate surface area is 92.4 Å². The van der Waals surface area contributed by atoms with E-state index >= 15 is 0 Å². The maximum Gasteiger partial charge on any atom is 0.260 e. The van der Waals surface area contributed by atoms with Crippen LogP contribution in [0.25, 0.3) is 0 Å². The Kier molecular flexibility index (Phi) is 7.64. The van der Waals surface area contributed by atoms with Crippen LogP contribution in [-0.4, -0.2) is 5.91 Å². The second-order valence-corrected chi connectivity index (χ2v) is 3.65.